The fourth-order valence-electron chi connectivity index (χ4n) is 8.14. The summed E-state index contributed by atoms with van der Waals surface area (Å²) < 4.78 is 27.5. The molecule has 14 heteroatoms. The van der Waals surface area contributed by atoms with Crippen LogP contribution in [-0.2, 0) is 15.0 Å². The summed E-state index contributed by atoms with van der Waals surface area (Å²) in [6.07, 6.45) is 4.30. The van der Waals surface area contributed by atoms with Crippen molar-refractivity contribution in [2.45, 2.75) is 75.6 Å². The van der Waals surface area contributed by atoms with Crippen molar-refractivity contribution < 1.29 is 33.0 Å². The normalized spacial score (nSPS) is 22.5. The molecule has 5 heterocycles. The van der Waals surface area contributed by atoms with Gasteiger partial charge in [-0.1, -0.05) is 38.1 Å². The lowest BCUT2D eigenvalue weighted by molar-refractivity contribution is -0.136. The second kappa shape index (κ2) is 14.0. The number of nitrogens with zero attached hydrogens (tertiary/aromatic N) is 5. The lowest BCUT2D eigenvalue weighted by Gasteiger charge is -2.49. The molecule has 2 N–H and O–H groups in total. The number of halogens is 1. The third kappa shape index (κ3) is 6.51. The van der Waals surface area contributed by atoms with Crippen LogP contribution >= 0.6 is 0 Å². The van der Waals surface area contributed by atoms with Crippen molar-refractivity contribution in [1.29, 1.82) is 0 Å². The second-order valence-corrected chi connectivity index (χ2v) is 15.8. The molecular formula is C42H42FN7O6. The summed E-state index contributed by atoms with van der Waals surface area (Å²) in [4.78, 5) is 63.7. The van der Waals surface area contributed by atoms with Crippen LogP contribution in [0.25, 0.3) is 0 Å². The van der Waals surface area contributed by atoms with Crippen LogP contribution in [0.5, 0.6) is 17.4 Å². The van der Waals surface area contributed by atoms with E-state index in [1.54, 1.807) is 18.2 Å². The maximum Gasteiger partial charge on any atom is 0.262 e. The van der Waals surface area contributed by atoms with E-state index in [0.29, 0.717) is 17.5 Å². The maximum absolute atomic E-state index is 15.4. The van der Waals surface area contributed by atoms with Crippen molar-refractivity contribution in [3.8, 4) is 17.4 Å². The number of amides is 4. The number of nitrogens with one attached hydrogen (secondary N) is 2. The number of hydrogen-bond acceptors (Lipinski definition) is 11. The van der Waals surface area contributed by atoms with Gasteiger partial charge in [0.05, 0.1) is 11.1 Å². The standard InChI is InChI=1S/C42H42FN7O6/c1-42(2,25-6-11-30(12-7-25)56-39-36(43)37(44-23-45-39)49-21-28(22-49)48-16-3-17-48)24-4-9-29(10-5-24)55-31-18-27(19-31)46-26-8-13-32-33(20-26)41(54)50(40(32)53)34-14-15-35(51)47-38(34)52/h4-13,20,23,27-28,31,34,46H,3,14-19,21-22H2,1-2H3,(H,47,51,52). The number of aromatic nitrogens is 2. The molecule has 9 rings (SSSR count). The van der Waals surface area contributed by atoms with Gasteiger partial charge in [0.2, 0.25) is 17.6 Å². The summed E-state index contributed by atoms with van der Waals surface area (Å²) in [5.74, 6) is -1.19. The Bertz CT molecular complexity index is 2220. The monoisotopic (exact) mass is 759 g/mol. The first kappa shape index (κ1) is 35.8. The Kier molecular flexibility index (Phi) is 8.95. The molecule has 4 aromatic rings. The third-order valence-corrected chi connectivity index (χ3v) is 11.9. The van der Waals surface area contributed by atoms with E-state index in [9.17, 15) is 19.2 Å². The second-order valence-electron chi connectivity index (χ2n) is 15.8. The predicted octanol–water partition coefficient (Wildman–Crippen LogP) is 5.05. The Morgan fingerprint density at radius 1 is 0.857 bits per heavy atom. The third-order valence-electron chi connectivity index (χ3n) is 11.9. The first-order valence-corrected chi connectivity index (χ1v) is 19.2. The highest BCUT2D eigenvalue weighted by atomic mass is 19.1. The SMILES string of the molecule is CC(C)(c1ccc(Oc2ncnc(N3CC(N4CCC4)C3)c2F)cc1)c1ccc(OC2CC(Nc3ccc4c(c3)C(=O)N(C3CCC(=O)NC3=O)C4=O)C2)cc1. The number of carbonyl (C=O) groups excluding carboxylic acids is 4. The molecule has 3 saturated heterocycles. The van der Waals surface area contributed by atoms with Crippen LogP contribution in [-0.4, -0.2) is 93.8 Å². The molecule has 4 aliphatic heterocycles. The van der Waals surface area contributed by atoms with Crippen LogP contribution in [0.4, 0.5) is 15.9 Å². The molecule has 1 aliphatic carbocycles. The molecular weight excluding hydrogens is 718 g/mol. The van der Waals surface area contributed by atoms with Gasteiger partial charge in [-0.25, -0.2) is 4.98 Å². The van der Waals surface area contributed by atoms with Crippen molar-refractivity contribution in [3.63, 3.8) is 0 Å². The molecule has 288 valence electrons. The number of imide groups is 2. The van der Waals surface area contributed by atoms with E-state index >= 15 is 4.39 Å². The van der Waals surface area contributed by atoms with E-state index in [-0.39, 0.29) is 53.2 Å². The number of fused-ring (bicyclic) bond motifs is 1. The summed E-state index contributed by atoms with van der Waals surface area (Å²) in [5.41, 5.74) is 3.03. The summed E-state index contributed by atoms with van der Waals surface area (Å²) in [7, 11) is 0. The molecule has 1 saturated carbocycles. The zero-order valence-electron chi connectivity index (χ0n) is 31.2. The Morgan fingerprint density at radius 2 is 1.54 bits per heavy atom. The number of ether oxygens (including phenoxy) is 2. The van der Waals surface area contributed by atoms with Crippen LogP contribution < -0.4 is 25.0 Å². The van der Waals surface area contributed by atoms with Gasteiger partial charge in [0.15, 0.2) is 5.82 Å². The van der Waals surface area contributed by atoms with E-state index in [0.717, 1.165) is 60.8 Å². The quantitative estimate of drug-likeness (QED) is 0.198. The van der Waals surface area contributed by atoms with Crippen molar-refractivity contribution in [1.82, 2.24) is 25.1 Å². The molecule has 56 heavy (non-hydrogen) atoms. The van der Waals surface area contributed by atoms with Crippen molar-refractivity contribution in [2.75, 3.05) is 36.4 Å². The number of rotatable bonds is 11. The summed E-state index contributed by atoms with van der Waals surface area (Å²) in [6, 6.07) is 20.3. The van der Waals surface area contributed by atoms with Crippen LogP contribution in [0, 0.1) is 5.82 Å². The lowest BCUT2D eigenvalue weighted by Crippen LogP contribution is -2.63. The van der Waals surface area contributed by atoms with E-state index in [1.165, 1.54) is 12.7 Å². The molecule has 1 unspecified atom stereocenters. The van der Waals surface area contributed by atoms with Gasteiger partial charge in [0, 0.05) is 55.5 Å². The number of anilines is 2. The largest absolute Gasteiger partial charge is 0.490 e. The van der Waals surface area contributed by atoms with Gasteiger partial charge < -0.3 is 19.7 Å². The molecule has 0 spiro atoms. The zero-order chi connectivity index (χ0) is 38.7. The topological polar surface area (TPSA) is 146 Å². The van der Waals surface area contributed by atoms with Gasteiger partial charge in [0.1, 0.15) is 30.0 Å². The first-order chi connectivity index (χ1) is 27.0. The molecule has 4 amide bonds. The van der Waals surface area contributed by atoms with Crippen LogP contribution in [0.3, 0.4) is 0 Å². The molecule has 1 aromatic heterocycles. The first-order valence-electron chi connectivity index (χ1n) is 19.2. The lowest BCUT2D eigenvalue weighted by atomic mass is 9.78. The Hall–Kier alpha value is -5.89. The summed E-state index contributed by atoms with van der Waals surface area (Å²) >= 11 is 0. The van der Waals surface area contributed by atoms with Crippen LogP contribution in [0.15, 0.2) is 73.1 Å². The zero-order valence-corrected chi connectivity index (χ0v) is 31.2. The number of piperidine rings is 1. The minimum Gasteiger partial charge on any atom is -0.490 e. The molecule has 0 bridgehead atoms. The number of benzene rings is 3. The number of carbonyl (C=O) groups is 4. The smallest absolute Gasteiger partial charge is 0.262 e. The van der Waals surface area contributed by atoms with Crippen molar-refractivity contribution in [3.05, 3.63) is 101 Å². The van der Waals surface area contributed by atoms with E-state index < -0.39 is 35.5 Å². The fourth-order valence-corrected chi connectivity index (χ4v) is 8.14. The van der Waals surface area contributed by atoms with Gasteiger partial charge >= 0.3 is 0 Å². The van der Waals surface area contributed by atoms with Gasteiger partial charge in [-0.3, -0.25) is 34.3 Å². The number of hydrogen-bond donors (Lipinski definition) is 2. The van der Waals surface area contributed by atoms with Gasteiger partial charge in [-0.05, 0) is 79.5 Å². The number of likely N-dealkylation sites (tertiary alicyclic amines) is 1. The molecule has 5 aliphatic rings. The highest BCUT2D eigenvalue weighted by Crippen LogP contribution is 2.37. The highest BCUT2D eigenvalue weighted by molar-refractivity contribution is 6.23. The molecule has 13 nitrogen and oxygen atoms in total. The van der Waals surface area contributed by atoms with Crippen LogP contribution in [0.2, 0.25) is 0 Å². The van der Waals surface area contributed by atoms with E-state index in [2.05, 4.69) is 51.5 Å². The van der Waals surface area contributed by atoms with Gasteiger partial charge in [-0.15, -0.1) is 0 Å². The minimum atomic E-state index is -0.996. The maximum atomic E-state index is 15.4. The predicted molar refractivity (Wildman–Crippen MR) is 203 cm³/mol. The average molecular weight is 760 g/mol. The average Bonchev–Trinajstić information content (AvgIpc) is 3.37. The highest BCUT2D eigenvalue weighted by Gasteiger charge is 2.45. The van der Waals surface area contributed by atoms with Crippen LogP contribution in [0.1, 0.15) is 77.8 Å². The van der Waals surface area contributed by atoms with Crippen molar-refractivity contribution >= 4 is 35.1 Å². The minimum absolute atomic E-state index is 0.0171. The Morgan fingerprint density at radius 3 is 2.20 bits per heavy atom. The molecule has 3 aromatic carbocycles. The summed E-state index contributed by atoms with van der Waals surface area (Å²) in [5, 5.41) is 5.65. The van der Waals surface area contributed by atoms with E-state index in [4.69, 9.17) is 9.47 Å². The van der Waals surface area contributed by atoms with Gasteiger partial charge in [-0.2, -0.15) is 9.37 Å². The Labute approximate surface area is 323 Å². The molecule has 4 fully saturated rings. The molecule has 0 radical (unpaired) electrons. The Balaban J connectivity index is 0.766. The van der Waals surface area contributed by atoms with Crippen molar-refractivity contribution in [2.24, 2.45) is 0 Å². The van der Waals surface area contributed by atoms with Gasteiger partial charge in [0.25, 0.3) is 17.7 Å². The van der Waals surface area contributed by atoms with E-state index in [1.807, 2.05) is 41.3 Å². The summed E-state index contributed by atoms with van der Waals surface area (Å²) in [6.45, 7) is 8.03. The fraction of sp³-hybridized carbons (Fsp3) is 0.381. The molecule has 1 atom stereocenters.